The average molecular weight is 260 g/mol. The van der Waals surface area contributed by atoms with Gasteiger partial charge in [0.15, 0.2) is 0 Å². The molecule has 1 aliphatic carbocycles. The fourth-order valence-electron chi connectivity index (χ4n) is 3.16. The second-order valence-electron chi connectivity index (χ2n) is 5.89. The maximum absolute atomic E-state index is 5.51. The van der Waals surface area contributed by atoms with E-state index in [1.165, 1.54) is 24.0 Å². The molecular formula is C16H24N2O. The van der Waals surface area contributed by atoms with Crippen LogP contribution in [-0.2, 0) is 6.54 Å². The number of nitrogens with zero attached hydrogens (tertiary/aromatic N) is 1. The summed E-state index contributed by atoms with van der Waals surface area (Å²) in [5.74, 6) is 1.95. The van der Waals surface area contributed by atoms with Crippen LogP contribution in [0.2, 0.25) is 0 Å². The Balaban J connectivity index is 1.77. The van der Waals surface area contributed by atoms with Gasteiger partial charge in [0, 0.05) is 37.8 Å². The second-order valence-corrected chi connectivity index (χ2v) is 5.89. The Morgan fingerprint density at radius 3 is 2.95 bits per heavy atom. The van der Waals surface area contributed by atoms with Gasteiger partial charge in [-0.25, -0.2) is 0 Å². The molecular weight excluding hydrogens is 236 g/mol. The fraction of sp³-hybridized carbons (Fsp3) is 0.625. The van der Waals surface area contributed by atoms with Crippen LogP contribution in [0.1, 0.15) is 24.0 Å². The highest BCUT2D eigenvalue weighted by atomic mass is 16.5. The van der Waals surface area contributed by atoms with Crippen LogP contribution in [0.15, 0.2) is 18.2 Å². The van der Waals surface area contributed by atoms with Crippen LogP contribution in [0.5, 0.6) is 5.75 Å². The number of aryl methyl sites for hydroxylation is 1. The molecule has 2 aliphatic rings. The van der Waals surface area contributed by atoms with Gasteiger partial charge in [0.1, 0.15) is 5.75 Å². The maximum Gasteiger partial charge on any atom is 0.123 e. The van der Waals surface area contributed by atoms with Gasteiger partial charge in [0.05, 0.1) is 7.11 Å². The molecule has 3 heteroatoms. The SMILES string of the molecule is COc1ccc(C)cc1CN1CCNCC1C1CC1. The summed E-state index contributed by atoms with van der Waals surface area (Å²) in [5.41, 5.74) is 2.64. The third kappa shape index (κ3) is 2.93. The van der Waals surface area contributed by atoms with Gasteiger partial charge < -0.3 is 10.1 Å². The molecule has 0 aromatic heterocycles. The standard InChI is InChI=1S/C16H24N2O/c1-12-3-6-16(19-2)14(9-12)11-18-8-7-17-10-15(18)13-4-5-13/h3,6,9,13,15,17H,4-5,7-8,10-11H2,1-2H3. The molecule has 0 radical (unpaired) electrons. The number of nitrogens with one attached hydrogen (secondary N) is 1. The Bertz CT molecular complexity index is 442. The number of benzene rings is 1. The van der Waals surface area contributed by atoms with Gasteiger partial charge >= 0.3 is 0 Å². The van der Waals surface area contributed by atoms with Crippen molar-refractivity contribution in [3.8, 4) is 5.75 Å². The minimum absolute atomic E-state index is 0.721. The first-order chi connectivity index (χ1) is 9.28. The highest BCUT2D eigenvalue weighted by Gasteiger charge is 2.36. The van der Waals surface area contributed by atoms with Crippen LogP contribution >= 0.6 is 0 Å². The van der Waals surface area contributed by atoms with E-state index in [0.29, 0.717) is 0 Å². The van der Waals surface area contributed by atoms with E-state index in [2.05, 4.69) is 35.3 Å². The first kappa shape index (κ1) is 12.9. The van der Waals surface area contributed by atoms with Crippen molar-refractivity contribution in [2.75, 3.05) is 26.7 Å². The summed E-state index contributed by atoms with van der Waals surface area (Å²) < 4.78 is 5.51. The number of rotatable bonds is 4. The largest absolute Gasteiger partial charge is 0.496 e. The summed E-state index contributed by atoms with van der Waals surface area (Å²) in [5, 5.41) is 3.54. The van der Waals surface area contributed by atoms with Gasteiger partial charge in [-0.05, 0) is 31.7 Å². The van der Waals surface area contributed by atoms with Crippen molar-refractivity contribution in [3.63, 3.8) is 0 Å². The van der Waals surface area contributed by atoms with Gasteiger partial charge in [0.25, 0.3) is 0 Å². The van der Waals surface area contributed by atoms with Crippen LogP contribution in [-0.4, -0.2) is 37.7 Å². The van der Waals surface area contributed by atoms with E-state index in [4.69, 9.17) is 4.74 Å². The monoisotopic (exact) mass is 260 g/mol. The summed E-state index contributed by atoms with van der Waals surface area (Å²) >= 11 is 0. The lowest BCUT2D eigenvalue weighted by Gasteiger charge is -2.36. The smallest absolute Gasteiger partial charge is 0.123 e. The number of methoxy groups -OCH3 is 1. The normalized spacial score (nSPS) is 24.4. The molecule has 1 aliphatic heterocycles. The predicted molar refractivity (Wildman–Crippen MR) is 77.5 cm³/mol. The molecule has 1 unspecified atom stereocenters. The minimum Gasteiger partial charge on any atom is -0.496 e. The highest BCUT2D eigenvalue weighted by Crippen LogP contribution is 2.36. The Kier molecular flexibility index (Phi) is 3.76. The van der Waals surface area contributed by atoms with Gasteiger partial charge in [-0.2, -0.15) is 0 Å². The van der Waals surface area contributed by atoms with Gasteiger partial charge in [-0.3, -0.25) is 4.90 Å². The first-order valence-electron chi connectivity index (χ1n) is 7.36. The van der Waals surface area contributed by atoms with Crippen LogP contribution < -0.4 is 10.1 Å². The van der Waals surface area contributed by atoms with E-state index in [0.717, 1.165) is 43.9 Å². The molecule has 3 nitrogen and oxygen atoms in total. The van der Waals surface area contributed by atoms with E-state index in [1.807, 2.05) is 0 Å². The molecule has 3 rings (SSSR count). The molecule has 104 valence electrons. The average Bonchev–Trinajstić information content (AvgIpc) is 3.24. The molecule has 2 fully saturated rings. The quantitative estimate of drug-likeness (QED) is 0.898. The third-order valence-electron chi connectivity index (χ3n) is 4.37. The lowest BCUT2D eigenvalue weighted by molar-refractivity contribution is 0.134. The molecule has 0 spiro atoms. The van der Waals surface area contributed by atoms with Gasteiger partial charge in [0.2, 0.25) is 0 Å². The van der Waals surface area contributed by atoms with Crippen molar-refractivity contribution >= 4 is 0 Å². The van der Waals surface area contributed by atoms with Crippen molar-refractivity contribution in [2.45, 2.75) is 32.4 Å². The Morgan fingerprint density at radius 2 is 2.21 bits per heavy atom. The lowest BCUT2D eigenvalue weighted by atomic mass is 10.1. The second kappa shape index (κ2) is 5.51. The summed E-state index contributed by atoms with van der Waals surface area (Å²) in [4.78, 5) is 2.64. The van der Waals surface area contributed by atoms with E-state index < -0.39 is 0 Å². The van der Waals surface area contributed by atoms with Gasteiger partial charge in [-0.1, -0.05) is 17.7 Å². The van der Waals surface area contributed by atoms with E-state index in [-0.39, 0.29) is 0 Å². The van der Waals surface area contributed by atoms with E-state index >= 15 is 0 Å². The van der Waals surface area contributed by atoms with Crippen LogP contribution in [0, 0.1) is 12.8 Å². The van der Waals surface area contributed by atoms with E-state index in [9.17, 15) is 0 Å². The summed E-state index contributed by atoms with van der Waals surface area (Å²) in [7, 11) is 1.77. The summed E-state index contributed by atoms with van der Waals surface area (Å²) in [6.45, 7) is 6.58. The fourth-order valence-corrected chi connectivity index (χ4v) is 3.16. The minimum atomic E-state index is 0.721. The van der Waals surface area contributed by atoms with Crippen molar-refractivity contribution in [1.82, 2.24) is 10.2 Å². The molecule has 1 aromatic rings. The van der Waals surface area contributed by atoms with Crippen LogP contribution in [0.25, 0.3) is 0 Å². The number of hydrogen-bond acceptors (Lipinski definition) is 3. The maximum atomic E-state index is 5.51. The predicted octanol–water partition coefficient (Wildman–Crippen LogP) is 2.19. The van der Waals surface area contributed by atoms with Crippen molar-refractivity contribution in [1.29, 1.82) is 0 Å². The topological polar surface area (TPSA) is 24.5 Å². The van der Waals surface area contributed by atoms with Crippen molar-refractivity contribution in [2.24, 2.45) is 5.92 Å². The Labute approximate surface area is 115 Å². The molecule has 1 atom stereocenters. The Morgan fingerprint density at radius 1 is 1.37 bits per heavy atom. The molecule has 1 saturated carbocycles. The van der Waals surface area contributed by atoms with Crippen LogP contribution in [0.3, 0.4) is 0 Å². The highest BCUT2D eigenvalue weighted by molar-refractivity contribution is 5.36. The number of ether oxygens (including phenoxy) is 1. The lowest BCUT2D eigenvalue weighted by Crippen LogP contribution is -2.51. The van der Waals surface area contributed by atoms with Crippen molar-refractivity contribution in [3.05, 3.63) is 29.3 Å². The zero-order valence-electron chi connectivity index (χ0n) is 12.0. The molecule has 19 heavy (non-hydrogen) atoms. The molecule has 0 amide bonds. The summed E-state index contributed by atoms with van der Waals surface area (Å²) in [6.07, 6.45) is 2.82. The zero-order chi connectivity index (χ0) is 13.2. The first-order valence-corrected chi connectivity index (χ1v) is 7.36. The number of hydrogen-bond donors (Lipinski definition) is 1. The molecule has 1 saturated heterocycles. The van der Waals surface area contributed by atoms with Crippen LogP contribution in [0.4, 0.5) is 0 Å². The molecule has 1 N–H and O–H groups in total. The molecule has 0 bridgehead atoms. The summed E-state index contributed by atoms with van der Waals surface area (Å²) in [6, 6.07) is 7.21. The number of piperazine rings is 1. The van der Waals surface area contributed by atoms with Gasteiger partial charge in [-0.15, -0.1) is 0 Å². The third-order valence-corrected chi connectivity index (χ3v) is 4.37. The zero-order valence-corrected chi connectivity index (χ0v) is 12.0. The Hall–Kier alpha value is -1.06. The van der Waals surface area contributed by atoms with E-state index in [1.54, 1.807) is 7.11 Å². The van der Waals surface area contributed by atoms with Crippen molar-refractivity contribution < 1.29 is 4.74 Å². The molecule has 1 aromatic carbocycles. The molecule has 1 heterocycles.